The van der Waals surface area contributed by atoms with Gasteiger partial charge in [0.1, 0.15) is 70.4 Å². The van der Waals surface area contributed by atoms with Gasteiger partial charge in [-0.15, -0.1) is 21.9 Å². The minimum atomic E-state index is -7.22. The predicted octanol–water partition coefficient (Wildman–Crippen LogP) is 10.6. The fraction of sp³-hybridized carbons (Fsp3) is 0.0426. The maximum absolute atomic E-state index is 15.4. The number of ether oxygens (including phenoxy) is 1. The molecule has 374 valence electrons. The lowest BCUT2D eigenvalue weighted by Gasteiger charge is -2.44. The molecule has 0 aliphatic heterocycles. The number of halogens is 20. The number of ketones is 1. The molecule has 0 fully saturated rings. The van der Waals surface area contributed by atoms with Gasteiger partial charge in [0.2, 0.25) is 5.78 Å². The summed E-state index contributed by atoms with van der Waals surface area (Å²) in [5.41, 5.74) is -13.1. The molecule has 25 heteroatoms. The average Bonchev–Trinajstić information content (AvgIpc) is 3.36. The van der Waals surface area contributed by atoms with Crippen LogP contribution in [0.3, 0.4) is 0 Å². The summed E-state index contributed by atoms with van der Waals surface area (Å²) in [7, 11) is -2.58. The Morgan fingerprint density at radius 2 is 0.667 bits per heavy atom. The van der Waals surface area contributed by atoms with Crippen molar-refractivity contribution >= 4 is 43.7 Å². The van der Waals surface area contributed by atoms with E-state index >= 15 is 35.1 Å². The Kier molecular flexibility index (Phi) is 15.4. The minimum Gasteiger partial charge on any atom is -0.457 e. The Hall–Kier alpha value is -7.62. The van der Waals surface area contributed by atoms with E-state index in [1.807, 2.05) is 60.7 Å². The van der Waals surface area contributed by atoms with Crippen molar-refractivity contribution in [3.05, 3.63) is 212 Å². The van der Waals surface area contributed by atoms with Gasteiger partial charge in [-0.05, 0) is 54.5 Å². The first-order valence-electron chi connectivity index (χ1n) is 19.4. The third-order valence-corrected chi connectivity index (χ3v) is 11.8. The van der Waals surface area contributed by atoms with Crippen LogP contribution in [-0.4, -0.2) is 23.9 Å². The van der Waals surface area contributed by atoms with Crippen molar-refractivity contribution in [1.82, 2.24) is 0 Å². The van der Waals surface area contributed by atoms with E-state index in [4.69, 9.17) is 4.74 Å². The van der Waals surface area contributed by atoms with Crippen LogP contribution < -0.4 is 26.6 Å². The first-order chi connectivity index (χ1) is 33.7. The molecule has 0 spiro atoms. The average molecular weight is 1050 g/mol. The minimum absolute atomic E-state index is 0.105. The maximum atomic E-state index is 15.4. The van der Waals surface area contributed by atoms with Gasteiger partial charge in [-0.1, -0.05) is 40.6 Å². The van der Waals surface area contributed by atoms with Gasteiger partial charge >= 0.3 is 0 Å². The van der Waals surface area contributed by atoms with Crippen LogP contribution in [0.1, 0.15) is 15.9 Å². The van der Waals surface area contributed by atoms with Crippen molar-refractivity contribution in [3.63, 3.8) is 0 Å². The highest BCUT2D eigenvalue weighted by Crippen LogP contribution is 2.31. The van der Waals surface area contributed by atoms with Crippen molar-refractivity contribution in [1.29, 1.82) is 0 Å². The van der Waals surface area contributed by atoms with Crippen molar-refractivity contribution in [2.75, 3.05) is 12.0 Å². The molecular weight excluding hydrogens is 1040 g/mol. The van der Waals surface area contributed by atoms with Crippen LogP contribution in [0.25, 0.3) is 0 Å². The van der Waals surface area contributed by atoms with Gasteiger partial charge in [-0.2, -0.15) is 0 Å². The van der Waals surface area contributed by atoms with E-state index in [0.717, 1.165) is 11.3 Å². The zero-order valence-corrected chi connectivity index (χ0v) is 35.9. The van der Waals surface area contributed by atoms with Gasteiger partial charge in [0, 0.05) is 11.1 Å². The smallest absolute Gasteiger partial charge is 0.212 e. The SMILES string of the molecule is C[S+](=O)(C#Cc1ccccc1)CC(=O)c1ccc(Oc2ccccc2)cc1.Fc1c(F)c(F)c([B-](c2c(F)c(F)c(F)c(F)c2F)(c2c(F)c(F)c(F)c(F)c2F)c2c(F)c(F)c(F)c(F)c2F)c(F)c1F. The van der Waals surface area contributed by atoms with Crippen LogP contribution in [0, 0.1) is 128 Å². The van der Waals surface area contributed by atoms with Gasteiger partial charge in [0.25, 0.3) is 0 Å². The van der Waals surface area contributed by atoms with E-state index in [1.54, 1.807) is 24.3 Å². The van der Waals surface area contributed by atoms with Crippen LogP contribution in [0.4, 0.5) is 87.8 Å². The monoisotopic (exact) mass is 1050 g/mol. The summed E-state index contributed by atoms with van der Waals surface area (Å²) in [6, 6.07) is 25.5. The molecule has 0 radical (unpaired) electrons. The summed E-state index contributed by atoms with van der Waals surface area (Å²) in [6.45, 7) is 0. The fourth-order valence-corrected chi connectivity index (χ4v) is 8.34. The number of rotatable bonds is 9. The third-order valence-electron chi connectivity index (χ3n) is 10.5. The van der Waals surface area contributed by atoms with Crippen molar-refractivity contribution in [2.45, 2.75) is 0 Å². The lowest BCUT2D eigenvalue weighted by atomic mass is 9.12. The molecule has 7 rings (SSSR count). The van der Waals surface area contributed by atoms with Gasteiger partial charge < -0.3 is 4.74 Å². The molecule has 3 nitrogen and oxygen atoms in total. The quantitative estimate of drug-likeness (QED) is 0.0275. The Balaban J connectivity index is 0.000000266. The molecule has 7 aromatic rings. The van der Waals surface area contributed by atoms with E-state index < -0.39 is 154 Å². The van der Waals surface area contributed by atoms with E-state index in [9.17, 15) is 61.7 Å². The second-order valence-corrected chi connectivity index (χ2v) is 17.4. The third kappa shape index (κ3) is 9.49. The van der Waals surface area contributed by atoms with Crippen LogP contribution in [-0.2, 0) is 14.1 Å². The number of carbonyl (C=O) groups is 1. The molecule has 0 aliphatic carbocycles. The van der Waals surface area contributed by atoms with Crippen LogP contribution in [0.15, 0.2) is 84.9 Å². The molecule has 0 N–H and O–H groups in total. The normalized spacial score (nSPS) is 12.1. The topological polar surface area (TPSA) is 43.4 Å². The van der Waals surface area contributed by atoms with E-state index in [0.29, 0.717) is 11.3 Å². The molecule has 1 unspecified atom stereocenters. The van der Waals surface area contributed by atoms with Gasteiger partial charge in [-0.3, -0.25) is 4.79 Å². The lowest BCUT2D eigenvalue weighted by molar-refractivity contribution is 0.102. The number of para-hydroxylation sites is 1. The molecule has 0 aliphatic rings. The van der Waals surface area contributed by atoms with Crippen molar-refractivity contribution in [3.8, 4) is 22.7 Å². The summed E-state index contributed by atoms with van der Waals surface area (Å²) in [5.74, 6) is -67.5. The Morgan fingerprint density at radius 3 is 0.972 bits per heavy atom. The second-order valence-electron chi connectivity index (χ2n) is 14.9. The summed E-state index contributed by atoms with van der Waals surface area (Å²) in [6.07, 6.45) is -5.70. The van der Waals surface area contributed by atoms with Crippen LogP contribution in [0.2, 0.25) is 0 Å². The molecular formula is C47H19BF20O3S. The zero-order valence-electron chi connectivity index (χ0n) is 35.1. The summed E-state index contributed by atoms with van der Waals surface area (Å²) in [4.78, 5) is 12.5. The second kappa shape index (κ2) is 20.6. The van der Waals surface area contributed by atoms with Crippen molar-refractivity contribution in [2.24, 2.45) is 0 Å². The fourth-order valence-electron chi connectivity index (χ4n) is 7.27. The largest absolute Gasteiger partial charge is 0.457 e. The van der Waals surface area contributed by atoms with Gasteiger partial charge in [-0.25, -0.2) is 87.8 Å². The van der Waals surface area contributed by atoms with Crippen molar-refractivity contribution < 1.29 is 102 Å². The highest BCUT2D eigenvalue weighted by atomic mass is 32.2. The highest BCUT2D eigenvalue weighted by Gasteiger charge is 2.52. The molecule has 0 saturated heterocycles. The Bertz CT molecular complexity index is 3040. The Labute approximate surface area is 391 Å². The van der Waals surface area contributed by atoms with E-state index in [1.165, 1.54) is 6.26 Å². The standard InChI is InChI=1S/C24BF20.C23H19O3S/c26-5-1(6(27)14(35)21(42)13(5)34)25(2-7(28)15(36)22(43)16(37)8(2)29,3-9(30)17(38)23(44)18(39)10(3)31)4-11(32)19(40)24(45)20(41)12(4)33;1-27(25,17-16-19-8-4-2-5-9-19)18-23(24)20-12-14-22(15-13-20)26-21-10-6-3-7-11-21/h;2-15H,18H2,1H3/q-1;+1. The highest BCUT2D eigenvalue weighted by molar-refractivity contribution is 8.07. The summed E-state index contributed by atoms with van der Waals surface area (Å²) in [5, 5.41) is 2.75. The van der Waals surface area contributed by atoms with Crippen LogP contribution in [0.5, 0.6) is 11.5 Å². The van der Waals surface area contributed by atoms with E-state index in [-0.39, 0.29) is 11.5 Å². The number of benzene rings is 7. The maximum Gasteiger partial charge on any atom is 0.212 e. The zero-order chi connectivity index (χ0) is 53.5. The molecule has 0 saturated carbocycles. The van der Waals surface area contributed by atoms with Gasteiger partial charge in [0.05, 0.1) is 0 Å². The summed E-state index contributed by atoms with van der Waals surface area (Å²) < 4.78 is 312. The first kappa shape index (κ1) is 53.7. The predicted molar refractivity (Wildman–Crippen MR) is 219 cm³/mol. The Morgan fingerprint density at radius 1 is 0.403 bits per heavy atom. The molecule has 0 heterocycles. The van der Waals surface area contributed by atoms with E-state index in [2.05, 4.69) is 11.2 Å². The molecule has 1 atom stereocenters. The molecule has 0 bridgehead atoms. The molecule has 7 aromatic carbocycles. The van der Waals surface area contributed by atoms with Gasteiger partial charge in [0.15, 0.2) is 90.7 Å². The molecule has 72 heavy (non-hydrogen) atoms. The lowest BCUT2D eigenvalue weighted by Crippen LogP contribution is -2.81. The molecule has 0 aromatic heterocycles. The first-order valence-corrected chi connectivity index (χ1v) is 21.5. The number of hydrogen-bond donors (Lipinski definition) is 0. The number of Topliss-reactive ketones (excluding diaryl/α,β-unsaturated/α-hetero) is 1. The molecule has 0 amide bonds. The number of hydrogen-bond acceptors (Lipinski definition) is 3. The summed E-state index contributed by atoms with van der Waals surface area (Å²) >= 11 is 0. The number of carbonyl (C=O) groups excluding carboxylic acids is 1. The van der Waals surface area contributed by atoms with Crippen LogP contribution >= 0.6 is 0 Å².